The molecule has 306 valence electrons. The smallest absolute Gasteiger partial charge is 0.0468 e. The third-order valence-corrected chi connectivity index (χ3v) is 18.6. The zero-order valence-corrected chi connectivity index (χ0v) is 36.2. The Hall–Kier alpha value is -5.40. The van der Waals surface area contributed by atoms with Gasteiger partial charge < -0.3 is 4.90 Å². The van der Waals surface area contributed by atoms with E-state index in [9.17, 15) is 0 Å². The molecule has 0 saturated heterocycles. The topological polar surface area (TPSA) is 3.24 Å². The molecule has 2 atom stereocenters. The fourth-order valence-electron chi connectivity index (χ4n) is 16.6. The molecule has 8 aliphatic carbocycles. The lowest BCUT2D eigenvalue weighted by molar-refractivity contribution is -0.0399. The van der Waals surface area contributed by atoms with Gasteiger partial charge in [-0.1, -0.05) is 135 Å². The van der Waals surface area contributed by atoms with E-state index in [1.54, 1.807) is 22.3 Å². The van der Waals surface area contributed by atoms with Crippen molar-refractivity contribution in [1.82, 2.24) is 0 Å². The molecule has 1 nitrogen and oxygen atoms in total. The van der Waals surface area contributed by atoms with Crippen LogP contribution in [0.1, 0.15) is 99.8 Å². The second-order valence-electron chi connectivity index (χ2n) is 21.1. The first-order chi connectivity index (χ1) is 30.6. The summed E-state index contributed by atoms with van der Waals surface area (Å²) in [7, 11) is 0. The van der Waals surface area contributed by atoms with Crippen molar-refractivity contribution < 1.29 is 0 Å². The van der Waals surface area contributed by atoms with E-state index in [0.29, 0.717) is 0 Å². The highest BCUT2D eigenvalue weighted by molar-refractivity contribution is 5.98. The minimum Gasteiger partial charge on any atom is -0.310 e. The number of hydrogen-bond donors (Lipinski definition) is 0. The lowest BCUT2D eigenvalue weighted by Crippen LogP contribution is -2.55. The molecular formula is C61H57N. The van der Waals surface area contributed by atoms with Crippen molar-refractivity contribution >= 4 is 27.8 Å². The Morgan fingerprint density at radius 3 is 1.76 bits per heavy atom. The van der Waals surface area contributed by atoms with Crippen molar-refractivity contribution in [2.45, 2.75) is 88.4 Å². The Morgan fingerprint density at radius 1 is 0.435 bits per heavy atom. The van der Waals surface area contributed by atoms with Gasteiger partial charge in [0.05, 0.1) is 0 Å². The Labute approximate surface area is 368 Å². The van der Waals surface area contributed by atoms with Crippen LogP contribution in [0.4, 0.5) is 17.1 Å². The minimum atomic E-state index is 0.115. The summed E-state index contributed by atoms with van der Waals surface area (Å²) in [6.45, 7) is 2.44. The molecule has 0 N–H and O–H groups in total. The summed E-state index contributed by atoms with van der Waals surface area (Å²) in [6.07, 6.45) is 15.2. The van der Waals surface area contributed by atoms with Gasteiger partial charge >= 0.3 is 0 Å². The van der Waals surface area contributed by atoms with Crippen molar-refractivity contribution in [3.8, 4) is 33.4 Å². The highest BCUT2D eigenvalue weighted by Gasteiger charge is 2.62. The Kier molecular flexibility index (Phi) is 7.75. The molecule has 2 unspecified atom stereocenters. The van der Waals surface area contributed by atoms with E-state index in [4.69, 9.17) is 0 Å². The molecule has 6 bridgehead atoms. The summed E-state index contributed by atoms with van der Waals surface area (Å²) in [6, 6.07) is 59.8. The lowest BCUT2D eigenvalue weighted by Gasteiger charge is -2.61. The Morgan fingerprint density at radius 2 is 1.00 bits per heavy atom. The molecule has 1 heteroatoms. The Bertz CT molecular complexity index is 2900. The maximum absolute atomic E-state index is 2.70. The normalized spacial score (nSPS) is 30.4. The van der Waals surface area contributed by atoms with Crippen molar-refractivity contribution in [1.29, 1.82) is 0 Å². The van der Waals surface area contributed by atoms with Crippen LogP contribution in [0, 0.1) is 41.4 Å². The molecule has 8 aliphatic rings. The van der Waals surface area contributed by atoms with Gasteiger partial charge in [-0.05, 0) is 202 Å². The number of nitrogens with zero attached hydrogens (tertiary/aromatic N) is 1. The standard InChI is InChI=1S/C61H57N/c1-2-38-29-43-15-11-16-44(30-38)60(43)57-23-8-6-20-53(57)55-36-48(25-27-58(55)60)62(47-17-9-14-42(35-47)51-21-10-13-41-12-3-4-18-50(41)51)49-24-26-54-52-19-5-7-22-56(52)61(59(54)37-49)45-31-39-28-40(33-45)34-46(61)32-39/h3-10,12-14,17-27,35-40,43-46H,2,11,15-16,28-34H2,1H3. The first kappa shape index (κ1) is 36.1. The van der Waals surface area contributed by atoms with E-state index < -0.39 is 0 Å². The highest BCUT2D eigenvalue weighted by atomic mass is 15.1. The number of benzene rings is 7. The first-order valence-electron chi connectivity index (χ1n) is 24.5. The monoisotopic (exact) mass is 803 g/mol. The fourth-order valence-corrected chi connectivity index (χ4v) is 16.6. The number of hydrogen-bond acceptors (Lipinski definition) is 1. The average Bonchev–Trinajstić information content (AvgIpc) is 3.75. The fraction of sp³-hybridized carbons (Fsp3) is 0.344. The van der Waals surface area contributed by atoms with Crippen LogP contribution >= 0.6 is 0 Å². The van der Waals surface area contributed by atoms with Crippen LogP contribution < -0.4 is 4.90 Å². The van der Waals surface area contributed by atoms with Crippen LogP contribution in [-0.4, -0.2) is 0 Å². The summed E-state index contributed by atoms with van der Waals surface area (Å²) >= 11 is 0. The van der Waals surface area contributed by atoms with E-state index in [1.807, 2.05) is 0 Å². The molecule has 7 aromatic rings. The van der Waals surface area contributed by atoms with Gasteiger partial charge in [-0.3, -0.25) is 0 Å². The van der Waals surface area contributed by atoms with Crippen molar-refractivity contribution in [2.24, 2.45) is 41.4 Å². The summed E-state index contributed by atoms with van der Waals surface area (Å²) in [4.78, 5) is 2.64. The molecular weight excluding hydrogens is 747 g/mol. The van der Waals surface area contributed by atoms with Crippen LogP contribution in [0.2, 0.25) is 0 Å². The van der Waals surface area contributed by atoms with E-state index in [2.05, 4.69) is 163 Å². The summed E-state index contributed by atoms with van der Waals surface area (Å²) in [5.41, 5.74) is 19.0. The molecule has 2 spiro atoms. The van der Waals surface area contributed by atoms with Crippen LogP contribution in [0.3, 0.4) is 0 Å². The number of fused-ring (bicyclic) bond motifs is 7. The van der Waals surface area contributed by atoms with E-state index >= 15 is 0 Å². The molecule has 0 heterocycles. The van der Waals surface area contributed by atoms with Crippen LogP contribution in [-0.2, 0) is 10.8 Å². The largest absolute Gasteiger partial charge is 0.310 e. The summed E-state index contributed by atoms with van der Waals surface area (Å²) in [5, 5.41) is 2.59. The van der Waals surface area contributed by atoms with Gasteiger partial charge in [0.2, 0.25) is 0 Å². The van der Waals surface area contributed by atoms with Crippen LogP contribution in [0.25, 0.3) is 44.2 Å². The summed E-state index contributed by atoms with van der Waals surface area (Å²) in [5.74, 6) is 5.60. The maximum Gasteiger partial charge on any atom is 0.0468 e. The zero-order valence-electron chi connectivity index (χ0n) is 36.2. The SMILES string of the molecule is CCC1CC2CCCC(C1)C21c2ccccc2-c2cc(N(c3cccc(-c4cccc5ccccc45)c3)c3ccc4c(c3)C3(c5ccccc5-4)C4CC5CC(C4)CC3C5)ccc21. The molecule has 62 heavy (non-hydrogen) atoms. The lowest BCUT2D eigenvalue weighted by atomic mass is 9.43. The molecule has 0 amide bonds. The zero-order chi connectivity index (χ0) is 40.7. The van der Waals surface area contributed by atoms with Crippen LogP contribution in [0.5, 0.6) is 0 Å². The van der Waals surface area contributed by atoms with Gasteiger partial charge in [-0.15, -0.1) is 0 Å². The van der Waals surface area contributed by atoms with Gasteiger partial charge in [-0.25, -0.2) is 0 Å². The highest BCUT2D eigenvalue weighted by Crippen LogP contribution is 2.70. The first-order valence-corrected chi connectivity index (χ1v) is 24.5. The molecule has 6 saturated carbocycles. The minimum absolute atomic E-state index is 0.115. The van der Waals surface area contributed by atoms with Crippen molar-refractivity contribution in [2.75, 3.05) is 4.90 Å². The number of rotatable bonds is 5. The van der Waals surface area contributed by atoms with Crippen molar-refractivity contribution in [3.05, 3.63) is 174 Å². The second-order valence-corrected chi connectivity index (χ2v) is 21.1. The number of anilines is 3. The van der Waals surface area contributed by atoms with Gasteiger partial charge in [0.25, 0.3) is 0 Å². The van der Waals surface area contributed by atoms with Gasteiger partial charge in [0.1, 0.15) is 0 Å². The molecule has 6 fully saturated rings. The average molecular weight is 804 g/mol. The third-order valence-electron chi connectivity index (χ3n) is 18.6. The maximum atomic E-state index is 2.70. The van der Waals surface area contributed by atoms with Gasteiger partial charge in [0, 0.05) is 27.9 Å². The molecule has 0 aromatic heterocycles. The third kappa shape index (κ3) is 4.76. The molecule has 15 rings (SSSR count). The molecule has 7 aromatic carbocycles. The second kappa shape index (κ2) is 13.3. The quantitative estimate of drug-likeness (QED) is 0.168. The predicted octanol–water partition coefficient (Wildman–Crippen LogP) is 16.2. The molecule has 0 aliphatic heterocycles. The predicted molar refractivity (Wildman–Crippen MR) is 257 cm³/mol. The van der Waals surface area contributed by atoms with E-state index in [1.165, 1.54) is 132 Å². The van der Waals surface area contributed by atoms with Crippen LogP contribution in [0.15, 0.2) is 152 Å². The van der Waals surface area contributed by atoms with Gasteiger partial charge in [-0.2, -0.15) is 0 Å². The Balaban J connectivity index is 0.981. The summed E-state index contributed by atoms with van der Waals surface area (Å²) < 4.78 is 0. The van der Waals surface area contributed by atoms with Gasteiger partial charge in [0.15, 0.2) is 0 Å². The van der Waals surface area contributed by atoms with Crippen molar-refractivity contribution in [3.63, 3.8) is 0 Å². The van der Waals surface area contributed by atoms with E-state index in [0.717, 1.165) is 41.4 Å². The molecule has 0 radical (unpaired) electrons. The van der Waals surface area contributed by atoms with E-state index in [-0.39, 0.29) is 10.8 Å².